The third-order valence-corrected chi connectivity index (χ3v) is 3.54. The summed E-state index contributed by atoms with van der Waals surface area (Å²) < 4.78 is 15.7. The summed E-state index contributed by atoms with van der Waals surface area (Å²) in [7, 11) is 4.44. The van der Waals surface area contributed by atoms with Gasteiger partial charge >= 0.3 is 0 Å². The Morgan fingerprint density at radius 1 is 0.963 bits per heavy atom. The number of hydrogen-bond donors (Lipinski definition) is 2. The summed E-state index contributed by atoms with van der Waals surface area (Å²) in [4.78, 5) is 23.3. The smallest absolute Gasteiger partial charge is 0.271 e. The molecule has 0 saturated heterocycles. The number of anilines is 1. The Bertz CT molecular complexity index is 822. The second-order valence-electron chi connectivity index (χ2n) is 5.42. The van der Waals surface area contributed by atoms with Crippen LogP contribution in [0.2, 0.25) is 0 Å². The van der Waals surface area contributed by atoms with Crippen molar-refractivity contribution in [1.29, 1.82) is 0 Å². The molecule has 0 aliphatic rings. The molecular weight excluding hydrogens is 350 g/mol. The molecular formula is C19H21N3O5. The van der Waals surface area contributed by atoms with Crippen LogP contribution in [0.25, 0.3) is 0 Å². The van der Waals surface area contributed by atoms with Crippen molar-refractivity contribution in [2.45, 2.75) is 6.92 Å². The van der Waals surface area contributed by atoms with E-state index >= 15 is 0 Å². The largest absolute Gasteiger partial charge is 0.493 e. The van der Waals surface area contributed by atoms with Gasteiger partial charge in [0.2, 0.25) is 11.7 Å². The first-order chi connectivity index (χ1) is 13.0. The Morgan fingerprint density at radius 2 is 1.56 bits per heavy atom. The van der Waals surface area contributed by atoms with Crippen LogP contribution < -0.4 is 25.0 Å². The van der Waals surface area contributed by atoms with E-state index in [2.05, 4.69) is 15.8 Å². The first kappa shape index (κ1) is 19.8. The lowest BCUT2D eigenvalue weighted by Gasteiger charge is -2.13. The highest BCUT2D eigenvalue weighted by molar-refractivity contribution is 5.96. The van der Waals surface area contributed by atoms with Crippen LogP contribution in [-0.2, 0) is 4.79 Å². The molecule has 8 heteroatoms. The van der Waals surface area contributed by atoms with Crippen molar-refractivity contribution in [1.82, 2.24) is 5.43 Å². The molecule has 142 valence electrons. The summed E-state index contributed by atoms with van der Waals surface area (Å²) in [6.45, 7) is 1.44. The molecule has 0 spiro atoms. The van der Waals surface area contributed by atoms with Crippen LogP contribution in [0.1, 0.15) is 22.8 Å². The molecule has 0 saturated carbocycles. The molecule has 2 aromatic rings. The van der Waals surface area contributed by atoms with Crippen molar-refractivity contribution in [2.24, 2.45) is 5.10 Å². The van der Waals surface area contributed by atoms with E-state index in [0.717, 1.165) is 5.56 Å². The zero-order chi connectivity index (χ0) is 19.8. The molecule has 2 N–H and O–H groups in total. The highest BCUT2D eigenvalue weighted by atomic mass is 16.5. The van der Waals surface area contributed by atoms with Gasteiger partial charge in [0.1, 0.15) is 0 Å². The fraction of sp³-hybridized carbons (Fsp3) is 0.211. The predicted molar refractivity (Wildman–Crippen MR) is 102 cm³/mol. The maximum atomic E-state index is 12.3. The number of nitrogens with zero attached hydrogens (tertiary/aromatic N) is 1. The molecule has 0 radical (unpaired) electrons. The number of carbonyl (C=O) groups is 2. The lowest BCUT2D eigenvalue weighted by atomic mass is 10.1. The maximum Gasteiger partial charge on any atom is 0.271 e. The molecule has 0 aliphatic heterocycles. The van der Waals surface area contributed by atoms with E-state index in [4.69, 9.17) is 14.2 Å². The number of carbonyl (C=O) groups excluding carboxylic acids is 2. The molecule has 27 heavy (non-hydrogen) atoms. The highest BCUT2D eigenvalue weighted by Gasteiger charge is 2.16. The summed E-state index contributed by atoms with van der Waals surface area (Å²) in [5.41, 5.74) is 4.19. The number of benzene rings is 2. The molecule has 0 atom stereocenters. The van der Waals surface area contributed by atoms with Crippen molar-refractivity contribution in [3.8, 4) is 17.2 Å². The second-order valence-corrected chi connectivity index (χ2v) is 5.42. The lowest BCUT2D eigenvalue weighted by molar-refractivity contribution is -0.114. The average molecular weight is 371 g/mol. The fourth-order valence-corrected chi connectivity index (χ4v) is 2.30. The Kier molecular flexibility index (Phi) is 6.76. The van der Waals surface area contributed by atoms with Gasteiger partial charge in [0.25, 0.3) is 5.91 Å². The van der Waals surface area contributed by atoms with Gasteiger partial charge in [-0.3, -0.25) is 9.59 Å². The zero-order valence-electron chi connectivity index (χ0n) is 15.5. The van der Waals surface area contributed by atoms with Crippen LogP contribution in [0, 0.1) is 0 Å². The van der Waals surface area contributed by atoms with E-state index in [1.165, 1.54) is 46.6 Å². The Balaban J connectivity index is 2.08. The monoisotopic (exact) mass is 371 g/mol. The van der Waals surface area contributed by atoms with E-state index in [0.29, 0.717) is 28.5 Å². The maximum absolute atomic E-state index is 12.3. The van der Waals surface area contributed by atoms with Crippen molar-refractivity contribution in [3.05, 3.63) is 47.5 Å². The van der Waals surface area contributed by atoms with Gasteiger partial charge in [-0.25, -0.2) is 5.43 Å². The second kappa shape index (κ2) is 9.23. The molecule has 0 aliphatic carbocycles. The number of ether oxygens (including phenoxy) is 3. The topological polar surface area (TPSA) is 98.2 Å². The van der Waals surface area contributed by atoms with Crippen LogP contribution in [0.5, 0.6) is 17.2 Å². The van der Waals surface area contributed by atoms with Crippen molar-refractivity contribution in [3.63, 3.8) is 0 Å². The Hall–Kier alpha value is -3.55. The minimum absolute atomic E-state index is 0.144. The van der Waals surface area contributed by atoms with Crippen LogP contribution in [-0.4, -0.2) is 39.4 Å². The zero-order valence-corrected chi connectivity index (χ0v) is 15.5. The normalized spacial score (nSPS) is 10.4. The van der Waals surface area contributed by atoms with Crippen molar-refractivity contribution in [2.75, 3.05) is 26.6 Å². The summed E-state index contributed by atoms with van der Waals surface area (Å²) in [6, 6.07) is 10.1. The minimum Gasteiger partial charge on any atom is -0.493 e. The van der Waals surface area contributed by atoms with E-state index in [9.17, 15) is 9.59 Å². The van der Waals surface area contributed by atoms with E-state index < -0.39 is 5.91 Å². The first-order valence-corrected chi connectivity index (χ1v) is 7.99. The molecule has 8 nitrogen and oxygen atoms in total. The standard InChI is InChI=1S/C19H21N3O5/c1-12(23)21-15-7-5-13(6-8-15)11-20-22-19(24)14-9-16(25-2)18(27-4)17(10-14)26-3/h5-11H,1-4H3,(H,21,23)(H,22,24)/b20-11+. The minimum atomic E-state index is -0.430. The van der Waals surface area contributed by atoms with Gasteiger partial charge in [0, 0.05) is 18.2 Å². The van der Waals surface area contributed by atoms with Crippen LogP contribution in [0.15, 0.2) is 41.5 Å². The van der Waals surface area contributed by atoms with Crippen molar-refractivity contribution >= 4 is 23.7 Å². The fourth-order valence-electron chi connectivity index (χ4n) is 2.30. The summed E-state index contributed by atoms with van der Waals surface area (Å²) in [6.07, 6.45) is 1.49. The highest BCUT2D eigenvalue weighted by Crippen LogP contribution is 2.38. The van der Waals surface area contributed by atoms with Gasteiger partial charge in [-0.1, -0.05) is 12.1 Å². The predicted octanol–water partition coefficient (Wildman–Crippen LogP) is 2.43. The summed E-state index contributed by atoms with van der Waals surface area (Å²) in [5.74, 6) is 0.577. The average Bonchev–Trinajstić information content (AvgIpc) is 2.67. The van der Waals surface area contributed by atoms with Gasteiger partial charge in [0.15, 0.2) is 11.5 Å². The molecule has 0 unspecified atom stereocenters. The van der Waals surface area contributed by atoms with Crippen molar-refractivity contribution < 1.29 is 23.8 Å². The van der Waals surface area contributed by atoms with E-state index in [1.54, 1.807) is 24.3 Å². The van der Waals surface area contributed by atoms with Crippen LogP contribution in [0.4, 0.5) is 5.69 Å². The number of rotatable bonds is 7. The number of nitrogens with one attached hydrogen (secondary N) is 2. The number of amides is 2. The van der Waals surface area contributed by atoms with Gasteiger partial charge in [0.05, 0.1) is 27.5 Å². The Morgan fingerprint density at radius 3 is 2.04 bits per heavy atom. The number of hydrazone groups is 1. The third kappa shape index (κ3) is 5.21. The van der Waals surface area contributed by atoms with Gasteiger partial charge < -0.3 is 19.5 Å². The Labute approximate surface area is 157 Å². The van der Waals surface area contributed by atoms with Gasteiger partial charge in [-0.05, 0) is 29.8 Å². The molecule has 0 bridgehead atoms. The summed E-state index contributed by atoms with van der Waals surface area (Å²) >= 11 is 0. The number of methoxy groups -OCH3 is 3. The molecule has 2 amide bonds. The van der Waals surface area contributed by atoms with E-state index in [-0.39, 0.29) is 5.91 Å². The SMILES string of the molecule is COc1cc(C(=O)N/N=C/c2ccc(NC(C)=O)cc2)cc(OC)c1OC. The quantitative estimate of drug-likeness (QED) is 0.575. The number of hydrogen-bond acceptors (Lipinski definition) is 6. The first-order valence-electron chi connectivity index (χ1n) is 7.99. The molecule has 0 fully saturated rings. The molecule has 2 aromatic carbocycles. The van der Waals surface area contributed by atoms with Gasteiger partial charge in [-0.2, -0.15) is 5.10 Å². The lowest BCUT2D eigenvalue weighted by Crippen LogP contribution is -2.18. The molecule has 0 heterocycles. The molecule has 2 rings (SSSR count). The van der Waals surface area contributed by atoms with E-state index in [1.807, 2.05) is 0 Å². The summed E-state index contributed by atoms with van der Waals surface area (Å²) in [5, 5.41) is 6.61. The van der Waals surface area contributed by atoms with Gasteiger partial charge in [-0.15, -0.1) is 0 Å². The van der Waals surface area contributed by atoms with Crippen LogP contribution >= 0.6 is 0 Å². The molecule has 0 aromatic heterocycles. The third-order valence-electron chi connectivity index (χ3n) is 3.54. The van der Waals surface area contributed by atoms with Crippen LogP contribution in [0.3, 0.4) is 0 Å².